The number of methoxy groups -OCH3 is 1. The highest BCUT2D eigenvalue weighted by Gasteiger charge is 2.50. The highest BCUT2D eigenvalue weighted by Crippen LogP contribution is 2.45. The van der Waals surface area contributed by atoms with E-state index in [2.05, 4.69) is 5.32 Å². The fourth-order valence-corrected chi connectivity index (χ4v) is 2.01. The quantitative estimate of drug-likeness (QED) is 0.825. The molecule has 2 N–H and O–H groups in total. The summed E-state index contributed by atoms with van der Waals surface area (Å²) >= 11 is 0. The van der Waals surface area contributed by atoms with E-state index in [0.717, 1.165) is 0 Å². The van der Waals surface area contributed by atoms with Crippen molar-refractivity contribution in [2.24, 2.45) is 5.41 Å². The van der Waals surface area contributed by atoms with Crippen molar-refractivity contribution in [3.63, 3.8) is 0 Å². The van der Waals surface area contributed by atoms with Gasteiger partial charge in [-0.2, -0.15) is 0 Å². The molecule has 0 aromatic heterocycles. The maximum absolute atomic E-state index is 13.2. The van der Waals surface area contributed by atoms with Gasteiger partial charge in [0.25, 0.3) is 0 Å². The average molecular weight is 281 g/mol. The first-order valence-electron chi connectivity index (χ1n) is 6.29. The molecule has 5 nitrogen and oxygen atoms in total. The summed E-state index contributed by atoms with van der Waals surface area (Å²) in [6.45, 7) is 0.110. The van der Waals surface area contributed by atoms with Crippen LogP contribution in [0.2, 0.25) is 0 Å². The van der Waals surface area contributed by atoms with Gasteiger partial charge in [-0.25, -0.2) is 4.39 Å². The number of carbonyl (C=O) groups excluding carboxylic acids is 1. The van der Waals surface area contributed by atoms with Gasteiger partial charge >= 0.3 is 5.97 Å². The molecule has 1 aromatic carbocycles. The SMILES string of the molecule is COc1ccc(F)cc1CC(=O)NCC1(C(=O)O)CC1. The van der Waals surface area contributed by atoms with Gasteiger partial charge in [0, 0.05) is 12.1 Å². The molecule has 0 radical (unpaired) electrons. The Morgan fingerprint density at radius 3 is 2.70 bits per heavy atom. The van der Waals surface area contributed by atoms with Crippen LogP contribution in [0.1, 0.15) is 18.4 Å². The standard InChI is InChI=1S/C14H16FNO4/c1-20-11-3-2-10(15)6-9(11)7-12(17)16-8-14(4-5-14)13(18)19/h2-3,6H,4-5,7-8H2,1H3,(H,16,17)(H,18,19). The predicted molar refractivity (Wildman–Crippen MR) is 69.0 cm³/mol. The number of rotatable bonds is 6. The maximum atomic E-state index is 13.2. The third-order valence-corrected chi connectivity index (χ3v) is 3.52. The summed E-state index contributed by atoms with van der Waals surface area (Å²) in [6.07, 6.45) is 1.11. The number of benzene rings is 1. The van der Waals surface area contributed by atoms with E-state index in [1.807, 2.05) is 0 Å². The summed E-state index contributed by atoms with van der Waals surface area (Å²) in [4.78, 5) is 22.8. The summed E-state index contributed by atoms with van der Waals surface area (Å²) < 4.78 is 18.2. The smallest absolute Gasteiger partial charge is 0.311 e. The van der Waals surface area contributed by atoms with Gasteiger partial charge in [-0.1, -0.05) is 0 Å². The Morgan fingerprint density at radius 1 is 1.45 bits per heavy atom. The highest BCUT2D eigenvalue weighted by atomic mass is 19.1. The first-order valence-corrected chi connectivity index (χ1v) is 6.29. The fourth-order valence-electron chi connectivity index (χ4n) is 2.01. The first-order chi connectivity index (χ1) is 9.47. The Morgan fingerprint density at radius 2 is 2.15 bits per heavy atom. The molecular formula is C14H16FNO4. The molecule has 6 heteroatoms. The monoisotopic (exact) mass is 281 g/mol. The number of amides is 1. The number of carboxylic acids is 1. The van der Waals surface area contributed by atoms with Crippen molar-refractivity contribution in [3.8, 4) is 5.75 Å². The zero-order chi connectivity index (χ0) is 14.8. The number of carboxylic acid groups (broad SMARTS) is 1. The number of aliphatic carboxylic acids is 1. The molecule has 0 aliphatic heterocycles. The first kappa shape index (κ1) is 14.3. The molecule has 1 fully saturated rings. The summed E-state index contributed by atoms with van der Waals surface area (Å²) in [5, 5.41) is 11.6. The van der Waals surface area contributed by atoms with Crippen LogP contribution in [-0.2, 0) is 16.0 Å². The molecule has 1 aliphatic rings. The van der Waals surface area contributed by atoms with Gasteiger partial charge in [0.1, 0.15) is 11.6 Å². The predicted octanol–water partition coefficient (Wildman–Crippen LogP) is 1.36. The van der Waals surface area contributed by atoms with Gasteiger partial charge in [-0.3, -0.25) is 9.59 Å². The van der Waals surface area contributed by atoms with Crippen LogP contribution >= 0.6 is 0 Å². The molecule has 2 rings (SSSR count). The van der Waals surface area contributed by atoms with Crippen LogP contribution < -0.4 is 10.1 Å². The molecule has 1 amide bonds. The zero-order valence-electron chi connectivity index (χ0n) is 11.1. The Hall–Kier alpha value is -2.11. The second-order valence-electron chi connectivity index (χ2n) is 5.00. The third kappa shape index (κ3) is 3.07. The molecule has 0 spiro atoms. The largest absolute Gasteiger partial charge is 0.496 e. The molecule has 0 atom stereocenters. The van der Waals surface area contributed by atoms with E-state index >= 15 is 0 Å². The molecule has 1 saturated carbocycles. The third-order valence-electron chi connectivity index (χ3n) is 3.52. The van der Waals surface area contributed by atoms with Crippen LogP contribution in [0.25, 0.3) is 0 Å². The second kappa shape index (κ2) is 5.48. The molecule has 0 heterocycles. The van der Waals surface area contributed by atoms with Crippen LogP contribution in [0.3, 0.4) is 0 Å². The highest BCUT2D eigenvalue weighted by molar-refractivity contribution is 5.82. The van der Waals surface area contributed by atoms with Crippen molar-refractivity contribution < 1.29 is 23.8 Å². The number of hydrogen-bond acceptors (Lipinski definition) is 3. The van der Waals surface area contributed by atoms with E-state index in [1.54, 1.807) is 0 Å². The van der Waals surface area contributed by atoms with Crippen molar-refractivity contribution in [2.45, 2.75) is 19.3 Å². The molecular weight excluding hydrogens is 265 g/mol. The number of ether oxygens (including phenoxy) is 1. The van der Waals surface area contributed by atoms with Gasteiger partial charge in [0.15, 0.2) is 0 Å². The number of halogens is 1. The minimum Gasteiger partial charge on any atom is -0.496 e. The van der Waals surface area contributed by atoms with Gasteiger partial charge in [-0.15, -0.1) is 0 Å². The van der Waals surface area contributed by atoms with Gasteiger partial charge in [0.05, 0.1) is 18.9 Å². The lowest BCUT2D eigenvalue weighted by Crippen LogP contribution is -2.35. The lowest BCUT2D eigenvalue weighted by molar-refractivity contribution is -0.143. The maximum Gasteiger partial charge on any atom is 0.311 e. The van der Waals surface area contributed by atoms with Crippen LogP contribution in [0.4, 0.5) is 4.39 Å². The van der Waals surface area contributed by atoms with Gasteiger partial charge < -0.3 is 15.2 Å². The van der Waals surface area contributed by atoms with Crippen molar-refractivity contribution in [1.82, 2.24) is 5.32 Å². The average Bonchev–Trinajstić information content (AvgIpc) is 3.18. The van der Waals surface area contributed by atoms with E-state index in [0.29, 0.717) is 24.2 Å². The Balaban J connectivity index is 1.95. The minimum atomic E-state index is -0.888. The molecule has 108 valence electrons. The van der Waals surface area contributed by atoms with Crippen molar-refractivity contribution in [2.75, 3.05) is 13.7 Å². The Kier molecular flexibility index (Phi) is 3.92. The van der Waals surface area contributed by atoms with E-state index in [9.17, 15) is 14.0 Å². The van der Waals surface area contributed by atoms with Crippen molar-refractivity contribution in [3.05, 3.63) is 29.6 Å². The summed E-state index contributed by atoms with van der Waals surface area (Å²) in [5.41, 5.74) is -0.369. The fraction of sp³-hybridized carbons (Fsp3) is 0.429. The molecule has 1 aliphatic carbocycles. The lowest BCUT2D eigenvalue weighted by atomic mass is 10.1. The number of carbonyl (C=O) groups is 2. The topological polar surface area (TPSA) is 75.6 Å². The summed E-state index contributed by atoms with van der Waals surface area (Å²) in [6, 6.07) is 3.95. The van der Waals surface area contributed by atoms with Gasteiger partial charge in [-0.05, 0) is 31.0 Å². The van der Waals surface area contributed by atoms with Gasteiger partial charge in [0.2, 0.25) is 5.91 Å². The minimum absolute atomic E-state index is 0.0450. The normalized spacial score (nSPS) is 15.5. The van der Waals surface area contributed by atoms with Crippen LogP contribution in [0.5, 0.6) is 5.75 Å². The zero-order valence-corrected chi connectivity index (χ0v) is 11.1. The van der Waals surface area contributed by atoms with Crippen molar-refractivity contribution in [1.29, 1.82) is 0 Å². The molecule has 0 saturated heterocycles. The molecule has 0 unspecified atom stereocenters. The number of hydrogen-bond donors (Lipinski definition) is 2. The van der Waals surface area contributed by atoms with Crippen molar-refractivity contribution >= 4 is 11.9 Å². The lowest BCUT2D eigenvalue weighted by Gasteiger charge is -2.12. The van der Waals surface area contributed by atoms with E-state index < -0.39 is 17.2 Å². The molecule has 1 aromatic rings. The van der Waals surface area contributed by atoms with Crippen LogP contribution in [0.15, 0.2) is 18.2 Å². The van der Waals surface area contributed by atoms with E-state index in [-0.39, 0.29) is 18.9 Å². The molecule has 0 bridgehead atoms. The van der Waals surface area contributed by atoms with Crippen LogP contribution in [-0.4, -0.2) is 30.6 Å². The van der Waals surface area contributed by atoms with E-state index in [4.69, 9.17) is 9.84 Å². The summed E-state index contributed by atoms with van der Waals surface area (Å²) in [7, 11) is 1.44. The Labute approximate surface area is 115 Å². The molecule has 20 heavy (non-hydrogen) atoms. The van der Waals surface area contributed by atoms with E-state index in [1.165, 1.54) is 25.3 Å². The second-order valence-corrected chi connectivity index (χ2v) is 5.00. The van der Waals surface area contributed by atoms with Crippen LogP contribution in [0, 0.1) is 11.2 Å². The Bertz CT molecular complexity index is 540. The summed E-state index contributed by atoms with van der Waals surface area (Å²) in [5.74, 6) is -1.25. The number of nitrogens with one attached hydrogen (secondary N) is 1.